The summed E-state index contributed by atoms with van der Waals surface area (Å²) in [6, 6.07) is 5.58. The quantitative estimate of drug-likeness (QED) is 0.641. The van der Waals surface area contributed by atoms with Crippen LogP contribution in [0.1, 0.15) is 12.5 Å². The number of benzene rings is 1. The molecule has 1 fully saturated rings. The minimum atomic E-state index is -0.310. The minimum absolute atomic E-state index is 0.0688. The molecule has 0 saturated carbocycles. The number of methoxy groups -OCH3 is 2. The van der Waals surface area contributed by atoms with Crippen molar-refractivity contribution in [1.82, 2.24) is 20.1 Å². The van der Waals surface area contributed by atoms with Crippen LogP contribution in [0, 0.1) is 0 Å². The van der Waals surface area contributed by atoms with Gasteiger partial charge in [0, 0.05) is 26.7 Å². The Bertz CT molecular complexity index is 838. The molecule has 1 aliphatic heterocycles. The fourth-order valence-corrected chi connectivity index (χ4v) is 3.82. The van der Waals surface area contributed by atoms with E-state index in [0.717, 1.165) is 24.6 Å². The van der Waals surface area contributed by atoms with Gasteiger partial charge in [0.2, 0.25) is 11.9 Å². The molecule has 0 bridgehead atoms. The predicted octanol–water partition coefficient (Wildman–Crippen LogP) is 1.47. The van der Waals surface area contributed by atoms with Crippen LogP contribution < -0.4 is 19.7 Å². The predicted molar refractivity (Wildman–Crippen MR) is 111 cm³/mol. The molecule has 2 heterocycles. The number of nitrogens with one attached hydrogen (secondary N) is 1. The molecular weight excluding hydrogens is 394 g/mol. The minimum Gasteiger partial charge on any atom is -0.493 e. The molecule has 1 aliphatic rings. The number of amides is 1. The molecule has 1 aromatic heterocycles. The van der Waals surface area contributed by atoms with Crippen molar-refractivity contribution >= 4 is 23.6 Å². The Morgan fingerprint density at radius 2 is 1.97 bits per heavy atom. The van der Waals surface area contributed by atoms with E-state index in [9.17, 15) is 4.79 Å². The lowest BCUT2D eigenvalue weighted by molar-refractivity contribution is -0.120. The SMILES string of the molecule is COc1ccc(CNC(=O)C(C)Sc2nnc(N3CCOCC3)n2C)cc1OC. The standard InChI is InChI=1S/C19H27N5O4S/c1-13(17(25)20-12-14-5-6-15(26-3)16(11-14)27-4)29-19-22-21-18(23(19)2)24-7-9-28-10-8-24/h5-6,11,13H,7-10,12H2,1-4H3,(H,20,25). The van der Waals surface area contributed by atoms with Crippen LogP contribution in [0.5, 0.6) is 11.5 Å². The molecular formula is C19H27N5O4S. The second-order valence-corrected chi connectivity index (χ2v) is 7.92. The van der Waals surface area contributed by atoms with Gasteiger partial charge in [-0.2, -0.15) is 0 Å². The Balaban J connectivity index is 1.56. The van der Waals surface area contributed by atoms with Crippen LogP contribution in [0.25, 0.3) is 0 Å². The molecule has 2 aromatic rings. The lowest BCUT2D eigenvalue weighted by Crippen LogP contribution is -2.37. The highest BCUT2D eigenvalue weighted by atomic mass is 32.2. The van der Waals surface area contributed by atoms with E-state index >= 15 is 0 Å². The van der Waals surface area contributed by atoms with Gasteiger partial charge in [0.15, 0.2) is 16.7 Å². The van der Waals surface area contributed by atoms with E-state index in [1.54, 1.807) is 14.2 Å². The summed E-state index contributed by atoms with van der Waals surface area (Å²) >= 11 is 1.39. The van der Waals surface area contributed by atoms with E-state index in [0.29, 0.717) is 36.4 Å². The number of rotatable bonds is 8. The van der Waals surface area contributed by atoms with E-state index in [4.69, 9.17) is 14.2 Å². The highest BCUT2D eigenvalue weighted by molar-refractivity contribution is 8.00. The maximum atomic E-state index is 12.5. The van der Waals surface area contributed by atoms with Gasteiger partial charge in [0.1, 0.15) is 0 Å². The van der Waals surface area contributed by atoms with Gasteiger partial charge >= 0.3 is 0 Å². The van der Waals surface area contributed by atoms with Crippen molar-refractivity contribution in [1.29, 1.82) is 0 Å². The fraction of sp³-hybridized carbons (Fsp3) is 0.526. The van der Waals surface area contributed by atoms with E-state index in [1.165, 1.54) is 11.8 Å². The number of thioether (sulfide) groups is 1. The number of ether oxygens (including phenoxy) is 3. The van der Waals surface area contributed by atoms with Crippen molar-refractivity contribution in [2.24, 2.45) is 7.05 Å². The summed E-state index contributed by atoms with van der Waals surface area (Å²) in [7, 11) is 5.10. The molecule has 158 valence electrons. The summed E-state index contributed by atoms with van der Waals surface area (Å²) in [6.45, 7) is 5.21. The monoisotopic (exact) mass is 421 g/mol. The Morgan fingerprint density at radius 1 is 1.24 bits per heavy atom. The molecule has 1 atom stereocenters. The number of hydrogen-bond donors (Lipinski definition) is 1. The summed E-state index contributed by atoms with van der Waals surface area (Å²) in [5.74, 6) is 2.02. The third kappa shape index (κ3) is 5.13. The molecule has 1 aromatic carbocycles. The molecule has 3 rings (SSSR count). The summed E-state index contributed by atoms with van der Waals surface area (Å²) in [6.07, 6.45) is 0. The Morgan fingerprint density at radius 3 is 2.66 bits per heavy atom. The number of hydrogen-bond acceptors (Lipinski definition) is 8. The van der Waals surface area contributed by atoms with Gasteiger partial charge in [-0.3, -0.25) is 9.36 Å². The number of aromatic nitrogens is 3. The van der Waals surface area contributed by atoms with Gasteiger partial charge in [-0.05, 0) is 24.6 Å². The van der Waals surface area contributed by atoms with Crippen LogP contribution in [0.4, 0.5) is 5.95 Å². The smallest absolute Gasteiger partial charge is 0.233 e. The number of morpholine rings is 1. The second kappa shape index (κ2) is 9.84. The van der Waals surface area contributed by atoms with Gasteiger partial charge in [0.25, 0.3) is 0 Å². The summed E-state index contributed by atoms with van der Waals surface area (Å²) in [5, 5.41) is 11.9. The molecule has 0 spiro atoms. The highest BCUT2D eigenvalue weighted by Gasteiger charge is 2.22. The Kier molecular flexibility index (Phi) is 7.21. The second-order valence-electron chi connectivity index (χ2n) is 6.61. The van der Waals surface area contributed by atoms with Gasteiger partial charge < -0.3 is 24.4 Å². The van der Waals surface area contributed by atoms with Crippen LogP contribution in [-0.4, -0.2) is 66.4 Å². The number of nitrogens with zero attached hydrogens (tertiary/aromatic N) is 4. The fourth-order valence-electron chi connectivity index (χ4n) is 2.98. The van der Waals surface area contributed by atoms with Crippen LogP contribution in [0.15, 0.2) is 23.4 Å². The number of carbonyl (C=O) groups excluding carboxylic acids is 1. The van der Waals surface area contributed by atoms with Crippen LogP contribution >= 0.6 is 11.8 Å². The molecule has 1 N–H and O–H groups in total. The van der Waals surface area contributed by atoms with Crippen molar-refractivity contribution in [2.45, 2.75) is 23.9 Å². The van der Waals surface area contributed by atoms with E-state index in [2.05, 4.69) is 20.4 Å². The van der Waals surface area contributed by atoms with Gasteiger partial charge in [-0.25, -0.2) is 0 Å². The molecule has 0 aliphatic carbocycles. The van der Waals surface area contributed by atoms with Gasteiger partial charge in [-0.15, -0.1) is 10.2 Å². The summed E-state index contributed by atoms with van der Waals surface area (Å²) in [4.78, 5) is 14.7. The third-order valence-corrected chi connectivity index (χ3v) is 5.81. The maximum Gasteiger partial charge on any atom is 0.233 e. The topological polar surface area (TPSA) is 90.7 Å². The number of anilines is 1. The van der Waals surface area contributed by atoms with Crippen LogP contribution in [-0.2, 0) is 23.1 Å². The first-order chi connectivity index (χ1) is 14.0. The molecule has 9 nitrogen and oxygen atoms in total. The summed E-state index contributed by atoms with van der Waals surface area (Å²) in [5.41, 5.74) is 0.932. The first kappa shape index (κ1) is 21.3. The lowest BCUT2D eigenvalue weighted by atomic mass is 10.2. The molecule has 0 radical (unpaired) electrons. The van der Waals surface area contributed by atoms with Crippen molar-refractivity contribution in [3.05, 3.63) is 23.8 Å². The van der Waals surface area contributed by atoms with Crippen molar-refractivity contribution in [3.8, 4) is 11.5 Å². The third-order valence-electron chi connectivity index (χ3n) is 4.67. The average molecular weight is 422 g/mol. The maximum absolute atomic E-state index is 12.5. The van der Waals surface area contributed by atoms with E-state index in [-0.39, 0.29) is 11.2 Å². The number of carbonyl (C=O) groups is 1. The highest BCUT2D eigenvalue weighted by Crippen LogP contribution is 2.28. The van der Waals surface area contributed by atoms with Crippen LogP contribution in [0.2, 0.25) is 0 Å². The normalized spacial score (nSPS) is 15.1. The molecule has 1 amide bonds. The molecule has 1 saturated heterocycles. The Hall–Kier alpha value is -2.46. The molecule has 29 heavy (non-hydrogen) atoms. The van der Waals surface area contributed by atoms with Gasteiger partial charge in [0.05, 0.1) is 32.7 Å². The van der Waals surface area contributed by atoms with Gasteiger partial charge in [-0.1, -0.05) is 17.8 Å². The zero-order valence-corrected chi connectivity index (χ0v) is 18.0. The van der Waals surface area contributed by atoms with E-state index < -0.39 is 0 Å². The zero-order valence-electron chi connectivity index (χ0n) is 17.2. The van der Waals surface area contributed by atoms with Crippen LogP contribution in [0.3, 0.4) is 0 Å². The summed E-state index contributed by atoms with van der Waals surface area (Å²) < 4.78 is 17.8. The van der Waals surface area contributed by atoms with Crippen molar-refractivity contribution < 1.29 is 19.0 Å². The molecule has 10 heteroatoms. The van der Waals surface area contributed by atoms with Crippen molar-refractivity contribution in [3.63, 3.8) is 0 Å². The average Bonchev–Trinajstić information content (AvgIpc) is 3.12. The van der Waals surface area contributed by atoms with E-state index in [1.807, 2.05) is 36.7 Å². The largest absolute Gasteiger partial charge is 0.493 e. The first-order valence-electron chi connectivity index (χ1n) is 9.40. The Labute approximate surface area is 174 Å². The molecule has 1 unspecified atom stereocenters. The first-order valence-corrected chi connectivity index (χ1v) is 10.3. The lowest BCUT2D eigenvalue weighted by Gasteiger charge is -2.27. The van der Waals surface area contributed by atoms with Crippen molar-refractivity contribution in [2.75, 3.05) is 45.4 Å². The zero-order chi connectivity index (χ0) is 20.8.